The van der Waals surface area contributed by atoms with Crippen molar-refractivity contribution in [2.75, 3.05) is 5.32 Å². The van der Waals surface area contributed by atoms with Crippen molar-refractivity contribution in [3.8, 4) is 0 Å². The normalized spacial score (nSPS) is 12.7. The molecule has 2 heterocycles. The highest BCUT2D eigenvalue weighted by atomic mass is 32.1. The van der Waals surface area contributed by atoms with Gasteiger partial charge in [-0.05, 0) is 37.3 Å². The summed E-state index contributed by atoms with van der Waals surface area (Å²) < 4.78 is 1.87. The van der Waals surface area contributed by atoms with Crippen LogP contribution in [0.1, 0.15) is 36.0 Å². The first-order valence-corrected chi connectivity index (χ1v) is 6.82. The van der Waals surface area contributed by atoms with Gasteiger partial charge in [-0.3, -0.25) is 4.68 Å². The summed E-state index contributed by atoms with van der Waals surface area (Å²) in [5.74, 6) is 0. The van der Waals surface area contributed by atoms with E-state index in [9.17, 15) is 0 Å². The largest absolute Gasteiger partial charge is 0.375 e. The van der Waals surface area contributed by atoms with Crippen molar-refractivity contribution in [3.63, 3.8) is 0 Å². The highest BCUT2D eigenvalue weighted by Gasteiger charge is 2.13. The summed E-state index contributed by atoms with van der Waals surface area (Å²) in [6.45, 7) is 6.49. The fourth-order valence-electron chi connectivity index (χ4n) is 2.04. The minimum Gasteiger partial charge on any atom is -0.375 e. The third-order valence-electron chi connectivity index (χ3n) is 2.91. The predicted molar refractivity (Wildman–Crippen MR) is 73.7 cm³/mol. The molecule has 1 unspecified atom stereocenters. The van der Waals surface area contributed by atoms with Crippen LogP contribution in [0.5, 0.6) is 0 Å². The fourth-order valence-corrected chi connectivity index (χ4v) is 2.98. The zero-order valence-corrected chi connectivity index (χ0v) is 11.6. The Labute approximate surface area is 106 Å². The molecule has 17 heavy (non-hydrogen) atoms. The molecule has 0 radical (unpaired) electrons. The smallest absolute Gasteiger partial charge is 0.0853 e. The van der Waals surface area contributed by atoms with Crippen LogP contribution in [0.15, 0.2) is 17.6 Å². The van der Waals surface area contributed by atoms with E-state index in [4.69, 9.17) is 0 Å². The SMILES string of the molecule is CCc1nn(C)cc1NC(C)c1sccc1C. The Morgan fingerprint density at radius 1 is 1.53 bits per heavy atom. The van der Waals surface area contributed by atoms with Crippen LogP contribution in [0.4, 0.5) is 5.69 Å². The molecule has 0 aliphatic carbocycles. The number of anilines is 1. The average molecular weight is 249 g/mol. The second-order valence-corrected chi connectivity index (χ2v) is 5.30. The van der Waals surface area contributed by atoms with Crippen LogP contribution in [0.2, 0.25) is 0 Å². The zero-order valence-electron chi connectivity index (χ0n) is 10.8. The fraction of sp³-hybridized carbons (Fsp3) is 0.462. The Morgan fingerprint density at radius 2 is 2.29 bits per heavy atom. The summed E-state index contributed by atoms with van der Waals surface area (Å²) in [4.78, 5) is 1.40. The summed E-state index contributed by atoms with van der Waals surface area (Å²) in [5, 5.41) is 10.1. The topological polar surface area (TPSA) is 29.9 Å². The van der Waals surface area contributed by atoms with E-state index < -0.39 is 0 Å². The molecule has 4 heteroatoms. The minimum absolute atomic E-state index is 0.337. The van der Waals surface area contributed by atoms with E-state index >= 15 is 0 Å². The third kappa shape index (κ3) is 2.52. The first-order chi connectivity index (χ1) is 8.11. The van der Waals surface area contributed by atoms with Gasteiger partial charge in [-0.25, -0.2) is 0 Å². The van der Waals surface area contributed by atoms with Crippen molar-refractivity contribution in [1.29, 1.82) is 0 Å². The standard InChI is InChI=1S/C13H19N3S/c1-5-11-12(8-16(4)15-11)14-10(3)13-9(2)6-7-17-13/h6-8,10,14H,5H2,1-4H3. The van der Waals surface area contributed by atoms with Crippen molar-refractivity contribution in [3.05, 3.63) is 33.8 Å². The van der Waals surface area contributed by atoms with Gasteiger partial charge in [0.1, 0.15) is 0 Å². The molecule has 2 aromatic rings. The molecule has 0 aromatic carbocycles. The van der Waals surface area contributed by atoms with Crippen LogP contribution >= 0.6 is 11.3 Å². The third-order valence-corrected chi connectivity index (χ3v) is 4.11. The van der Waals surface area contributed by atoms with Gasteiger partial charge < -0.3 is 5.32 Å². The molecular formula is C13H19N3S. The maximum Gasteiger partial charge on any atom is 0.0853 e. The number of aromatic nitrogens is 2. The maximum atomic E-state index is 4.44. The molecular weight excluding hydrogens is 230 g/mol. The molecule has 0 bridgehead atoms. The van der Waals surface area contributed by atoms with Gasteiger partial charge in [0.05, 0.1) is 17.4 Å². The van der Waals surface area contributed by atoms with Crippen LogP contribution in [-0.2, 0) is 13.5 Å². The number of thiophene rings is 1. The second kappa shape index (κ2) is 4.92. The summed E-state index contributed by atoms with van der Waals surface area (Å²) in [6, 6.07) is 2.51. The molecule has 0 fully saturated rings. The lowest BCUT2D eigenvalue weighted by Gasteiger charge is -2.14. The number of hydrogen-bond donors (Lipinski definition) is 1. The van der Waals surface area contributed by atoms with Gasteiger partial charge in [0.15, 0.2) is 0 Å². The van der Waals surface area contributed by atoms with E-state index in [1.54, 1.807) is 0 Å². The van der Waals surface area contributed by atoms with E-state index in [0.717, 1.165) is 17.8 Å². The lowest BCUT2D eigenvalue weighted by Crippen LogP contribution is -2.06. The Kier molecular flexibility index (Phi) is 3.52. The van der Waals surface area contributed by atoms with Crippen LogP contribution in [0.25, 0.3) is 0 Å². The van der Waals surface area contributed by atoms with Crippen molar-refractivity contribution in [2.24, 2.45) is 7.05 Å². The molecule has 0 amide bonds. The van der Waals surface area contributed by atoms with Crippen molar-refractivity contribution >= 4 is 17.0 Å². The molecule has 2 aromatic heterocycles. The maximum absolute atomic E-state index is 4.44. The second-order valence-electron chi connectivity index (χ2n) is 4.35. The quantitative estimate of drug-likeness (QED) is 0.898. The summed E-state index contributed by atoms with van der Waals surface area (Å²) >= 11 is 1.81. The van der Waals surface area contributed by atoms with Crippen LogP contribution in [-0.4, -0.2) is 9.78 Å². The highest BCUT2D eigenvalue weighted by Crippen LogP contribution is 2.27. The molecule has 92 valence electrons. The molecule has 0 saturated heterocycles. The number of aryl methyl sites for hydroxylation is 3. The van der Waals surface area contributed by atoms with Gasteiger partial charge in [-0.1, -0.05) is 6.92 Å². The summed E-state index contributed by atoms with van der Waals surface area (Å²) in [5.41, 5.74) is 3.64. The van der Waals surface area contributed by atoms with Gasteiger partial charge in [-0.15, -0.1) is 11.3 Å². The molecule has 1 N–H and O–H groups in total. The average Bonchev–Trinajstić information content (AvgIpc) is 2.84. The van der Waals surface area contributed by atoms with Gasteiger partial charge in [0.2, 0.25) is 0 Å². The molecule has 2 rings (SSSR count). The van der Waals surface area contributed by atoms with E-state index in [0.29, 0.717) is 6.04 Å². The Hall–Kier alpha value is -1.29. The minimum atomic E-state index is 0.337. The first kappa shape index (κ1) is 12.2. The zero-order chi connectivity index (χ0) is 12.4. The molecule has 1 atom stereocenters. The lowest BCUT2D eigenvalue weighted by molar-refractivity contribution is 0.746. The van der Waals surface area contributed by atoms with Gasteiger partial charge in [-0.2, -0.15) is 5.10 Å². The summed E-state index contributed by atoms with van der Waals surface area (Å²) in [6.07, 6.45) is 3.01. The van der Waals surface area contributed by atoms with E-state index in [1.807, 2.05) is 23.1 Å². The Balaban J connectivity index is 2.18. The number of nitrogens with zero attached hydrogens (tertiary/aromatic N) is 2. The van der Waals surface area contributed by atoms with Crippen LogP contribution < -0.4 is 5.32 Å². The predicted octanol–water partition coefficient (Wildman–Crippen LogP) is 3.53. The van der Waals surface area contributed by atoms with Crippen molar-refractivity contribution in [2.45, 2.75) is 33.2 Å². The van der Waals surface area contributed by atoms with Crippen LogP contribution in [0.3, 0.4) is 0 Å². The molecule has 0 saturated carbocycles. The van der Waals surface area contributed by atoms with E-state index in [2.05, 4.69) is 48.8 Å². The summed E-state index contributed by atoms with van der Waals surface area (Å²) in [7, 11) is 1.96. The monoisotopic (exact) mass is 249 g/mol. The van der Waals surface area contributed by atoms with Gasteiger partial charge in [0.25, 0.3) is 0 Å². The van der Waals surface area contributed by atoms with Crippen LogP contribution in [0, 0.1) is 6.92 Å². The molecule has 0 spiro atoms. The Morgan fingerprint density at radius 3 is 2.88 bits per heavy atom. The van der Waals surface area contributed by atoms with Gasteiger partial charge >= 0.3 is 0 Å². The first-order valence-electron chi connectivity index (χ1n) is 5.94. The van der Waals surface area contributed by atoms with Crippen molar-refractivity contribution < 1.29 is 0 Å². The van der Waals surface area contributed by atoms with Gasteiger partial charge in [0, 0.05) is 18.1 Å². The molecule has 3 nitrogen and oxygen atoms in total. The highest BCUT2D eigenvalue weighted by molar-refractivity contribution is 7.10. The Bertz CT molecular complexity index is 498. The van der Waals surface area contributed by atoms with E-state index in [1.165, 1.54) is 10.4 Å². The number of hydrogen-bond acceptors (Lipinski definition) is 3. The molecule has 0 aliphatic rings. The lowest BCUT2D eigenvalue weighted by atomic mass is 10.2. The van der Waals surface area contributed by atoms with E-state index in [-0.39, 0.29) is 0 Å². The number of nitrogens with one attached hydrogen (secondary N) is 1. The van der Waals surface area contributed by atoms with Crippen molar-refractivity contribution in [1.82, 2.24) is 9.78 Å². The number of rotatable bonds is 4. The molecule has 0 aliphatic heterocycles.